The van der Waals surface area contributed by atoms with E-state index in [0.29, 0.717) is 19.3 Å². The lowest BCUT2D eigenvalue weighted by atomic mass is 10.1. The van der Waals surface area contributed by atoms with Gasteiger partial charge in [-0.1, -0.05) is 46.5 Å². The van der Waals surface area contributed by atoms with Crippen molar-refractivity contribution in [2.75, 3.05) is 0 Å². The first-order chi connectivity index (χ1) is 8.39. The van der Waals surface area contributed by atoms with Gasteiger partial charge in [0.15, 0.2) is 12.1 Å². The summed E-state index contributed by atoms with van der Waals surface area (Å²) in [5.41, 5.74) is 0. The molecule has 0 saturated carbocycles. The highest BCUT2D eigenvalue weighted by Crippen LogP contribution is 2.14. The van der Waals surface area contributed by atoms with Gasteiger partial charge in [-0.25, -0.2) is 0 Å². The molecule has 0 aromatic carbocycles. The Balaban J connectivity index is 0. The van der Waals surface area contributed by atoms with Gasteiger partial charge >= 0.3 is 0 Å². The molecule has 0 atom stereocenters. The fraction of sp³-hybridized carbons (Fsp3) is 1.00. The van der Waals surface area contributed by atoms with Crippen molar-refractivity contribution < 1.29 is 20.4 Å². The molecule has 0 unspecified atom stereocenters. The summed E-state index contributed by atoms with van der Waals surface area (Å²) in [6, 6.07) is 0. The number of hydrogen-bond donors (Lipinski definition) is 4. The SMILES string of the molecule is CCCCCC(O)(O)CC.CCCCCC(O)O. The summed E-state index contributed by atoms with van der Waals surface area (Å²) in [6.45, 7) is 5.97. The summed E-state index contributed by atoms with van der Waals surface area (Å²) >= 11 is 0. The smallest absolute Gasteiger partial charge is 0.162 e. The molecule has 0 aromatic rings. The zero-order valence-corrected chi connectivity index (χ0v) is 12.2. The average molecular weight is 264 g/mol. The second-order valence-electron chi connectivity index (χ2n) is 4.77. The van der Waals surface area contributed by atoms with Crippen LogP contribution in [-0.2, 0) is 0 Å². The first kappa shape index (κ1) is 20.2. The largest absolute Gasteiger partial charge is 0.368 e. The molecule has 0 bridgehead atoms. The summed E-state index contributed by atoms with van der Waals surface area (Å²) in [4.78, 5) is 0. The van der Waals surface area contributed by atoms with Crippen molar-refractivity contribution in [1.82, 2.24) is 0 Å². The highest BCUT2D eigenvalue weighted by Gasteiger charge is 2.18. The van der Waals surface area contributed by atoms with Crippen LogP contribution in [0.15, 0.2) is 0 Å². The summed E-state index contributed by atoms with van der Waals surface area (Å²) in [5, 5.41) is 34.9. The monoisotopic (exact) mass is 264 g/mol. The van der Waals surface area contributed by atoms with E-state index in [9.17, 15) is 0 Å². The minimum Gasteiger partial charge on any atom is -0.368 e. The molecule has 0 rings (SSSR count). The van der Waals surface area contributed by atoms with E-state index in [1.165, 1.54) is 0 Å². The zero-order valence-electron chi connectivity index (χ0n) is 12.2. The van der Waals surface area contributed by atoms with Crippen LogP contribution in [0.2, 0.25) is 0 Å². The Morgan fingerprint density at radius 1 is 0.833 bits per heavy atom. The normalized spacial score (nSPS) is 11.3. The average Bonchev–Trinajstić information content (AvgIpc) is 2.30. The highest BCUT2D eigenvalue weighted by molar-refractivity contribution is 4.60. The van der Waals surface area contributed by atoms with Crippen molar-refractivity contribution in [3.8, 4) is 0 Å². The zero-order chi connectivity index (χ0) is 14.4. The molecule has 0 aliphatic rings. The third kappa shape index (κ3) is 18.2. The molecule has 4 heteroatoms. The third-order valence-corrected chi connectivity index (χ3v) is 2.81. The van der Waals surface area contributed by atoms with Gasteiger partial charge in [-0.2, -0.15) is 0 Å². The minimum atomic E-state index is -1.41. The maximum absolute atomic E-state index is 9.11. The number of hydrogen-bond acceptors (Lipinski definition) is 4. The van der Waals surface area contributed by atoms with E-state index >= 15 is 0 Å². The van der Waals surface area contributed by atoms with Crippen molar-refractivity contribution in [3.63, 3.8) is 0 Å². The van der Waals surface area contributed by atoms with E-state index in [1.807, 2.05) is 0 Å². The van der Waals surface area contributed by atoms with Crippen molar-refractivity contribution in [2.24, 2.45) is 0 Å². The number of aliphatic hydroxyl groups excluding tert-OH is 1. The molecule has 0 saturated heterocycles. The van der Waals surface area contributed by atoms with E-state index in [1.54, 1.807) is 6.92 Å². The van der Waals surface area contributed by atoms with Crippen LogP contribution in [0.1, 0.15) is 78.6 Å². The molecule has 0 fully saturated rings. The predicted octanol–water partition coefficient (Wildman–Crippen LogP) is 2.54. The van der Waals surface area contributed by atoms with E-state index < -0.39 is 12.1 Å². The predicted molar refractivity (Wildman–Crippen MR) is 74.0 cm³/mol. The van der Waals surface area contributed by atoms with E-state index in [2.05, 4.69) is 13.8 Å². The van der Waals surface area contributed by atoms with Crippen LogP contribution < -0.4 is 0 Å². The highest BCUT2D eigenvalue weighted by atomic mass is 16.5. The second-order valence-corrected chi connectivity index (χ2v) is 4.77. The maximum atomic E-state index is 9.11. The summed E-state index contributed by atoms with van der Waals surface area (Å²) in [7, 11) is 0. The molecule has 0 spiro atoms. The Kier molecular flexibility index (Phi) is 14.9. The molecule has 4 nitrogen and oxygen atoms in total. The Hall–Kier alpha value is -0.160. The van der Waals surface area contributed by atoms with Crippen molar-refractivity contribution in [3.05, 3.63) is 0 Å². The van der Waals surface area contributed by atoms with Crippen LogP contribution in [-0.4, -0.2) is 32.5 Å². The van der Waals surface area contributed by atoms with Crippen LogP contribution in [0, 0.1) is 0 Å². The van der Waals surface area contributed by atoms with E-state index in [-0.39, 0.29) is 0 Å². The van der Waals surface area contributed by atoms with Gasteiger partial charge in [-0.3, -0.25) is 0 Å². The first-order valence-corrected chi connectivity index (χ1v) is 7.20. The number of rotatable bonds is 9. The topological polar surface area (TPSA) is 80.9 Å². The molecule has 0 aliphatic carbocycles. The van der Waals surface area contributed by atoms with Crippen LogP contribution in [0.3, 0.4) is 0 Å². The third-order valence-electron chi connectivity index (χ3n) is 2.81. The Labute approximate surface area is 112 Å². The first-order valence-electron chi connectivity index (χ1n) is 7.20. The molecule has 112 valence electrons. The summed E-state index contributed by atoms with van der Waals surface area (Å²) in [6.07, 6.45) is 6.64. The minimum absolute atomic E-state index is 0.427. The summed E-state index contributed by atoms with van der Waals surface area (Å²) in [5.74, 6) is -1.41. The molecule has 0 heterocycles. The molecule has 18 heavy (non-hydrogen) atoms. The van der Waals surface area contributed by atoms with Gasteiger partial charge in [0.1, 0.15) is 0 Å². The van der Waals surface area contributed by atoms with Gasteiger partial charge < -0.3 is 20.4 Å². The lowest BCUT2D eigenvalue weighted by Crippen LogP contribution is -2.26. The van der Waals surface area contributed by atoms with E-state index in [4.69, 9.17) is 20.4 Å². The quantitative estimate of drug-likeness (QED) is 0.381. The Bertz CT molecular complexity index is 158. The van der Waals surface area contributed by atoms with Crippen molar-refractivity contribution in [1.29, 1.82) is 0 Å². The number of unbranched alkanes of at least 4 members (excludes halogenated alkanes) is 4. The summed E-state index contributed by atoms with van der Waals surface area (Å²) < 4.78 is 0. The van der Waals surface area contributed by atoms with E-state index in [0.717, 1.165) is 38.5 Å². The molecule has 0 aromatic heterocycles. The molecule has 0 aliphatic heterocycles. The van der Waals surface area contributed by atoms with Crippen LogP contribution in [0.5, 0.6) is 0 Å². The fourth-order valence-corrected chi connectivity index (χ4v) is 1.41. The molecular weight excluding hydrogens is 232 g/mol. The van der Waals surface area contributed by atoms with Gasteiger partial charge in [0.2, 0.25) is 0 Å². The molecule has 0 radical (unpaired) electrons. The second kappa shape index (κ2) is 13.3. The molecular formula is C14H32O4. The molecule has 0 amide bonds. The van der Waals surface area contributed by atoms with Gasteiger partial charge in [0.05, 0.1) is 0 Å². The van der Waals surface area contributed by atoms with Gasteiger partial charge in [-0.15, -0.1) is 0 Å². The van der Waals surface area contributed by atoms with Gasteiger partial charge in [-0.05, 0) is 25.7 Å². The molecule has 4 N–H and O–H groups in total. The van der Waals surface area contributed by atoms with Crippen molar-refractivity contribution >= 4 is 0 Å². The van der Waals surface area contributed by atoms with Crippen LogP contribution in [0.4, 0.5) is 0 Å². The lowest BCUT2D eigenvalue weighted by Gasteiger charge is -2.18. The van der Waals surface area contributed by atoms with Crippen molar-refractivity contribution in [2.45, 2.75) is 90.6 Å². The lowest BCUT2D eigenvalue weighted by molar-refractivity contribution is -0.167. The maximum Gasteiger partial charge on any atom is 0.162 e. The van der Waals surface area contributed by atoms with Gasteiger partial charge in [0.25, 0.3) is 0 Å². The van der Waals surface area contributed by atoms with Gasteiger partial charge in [0, 0.05) is 6.42 Å². The Morgan fingerprint density at radius 2 is 1.33 bits per heavy atom. The van der Waals surface area contributed by atoms with Crippen LogP contribution in [0.25, 0.3) is 0 Å². The number of aliphatic hydroxyl groups is 4. The fourth-order valence-electron chi connectivity index (χ4n) is 1.41. The standard InChI is InChI=1S/C8H18O2.C6H14O2/c1-3-5-6-7-8(9,10)4-2;1-2-3-4-5-6(7)8/h9-10H,3-7H2,1-2H3;6-8H,2-5H2,1H3. The Morgan fingerprint density at radius 3 is 1.72 bits per heavy atom. The van der Waals surface area contributed by atoms with Crippen LogP contribution >= 0.6 is 0 Å².